The first-order valence-electron chi connectivity index (χ1n) is 22.5. The summed E-state index contributed by atoms with van der Waals surface area (Å²) in [5.74, 6) is 3.59. The van der Waals surface area contributed by atoms with Gasteiger partial charge in [0.25, 0.3) is 0 Å². The van der Waals surface area contributed by atoms with Crippen molar-refractivity contribution in [3.05, 3.63) is 120 Å². The Bertz CT molecular complexity index is 1950. The molecule has 0 amide bonds. The van der Waals surface area contributed by atoms with Gasteiger partial charge in [0.1, 0.15) is 11.5 Å². The summed E-state index contributed by atoms with van der Waals surface area (Å²) >= 11 is 0. The van der Waals surface area contributed by atoms with Gasteiger partial charge in [-0.05, 0) is 146 Å². The lowest BCUT2D eigenvalue weighted by Crippen LogP contribution is -2.29. The molecule has 0 aromatic heterocycles. The molecule has 2 aromatic rings. The Labute approximate surface area is 347 Å². The highest BCUT2D eigenvalue weighted by Crippen LogP contribution is 2.60. The van der Waals surface area contributed by atoms with Crippen molar-refractivity contribution in [2.45, 2.75) is 144 Å². The van der Waals surface area contributed by atoms with Gasteiger partial charge in [-0.25, -0.2) is 0 Å². The van der Waals surface area contributed by atoms with Crippen molar-refractivity contribution in [2.24, 2.45) is 46.3 Å². The van der Waals surface area contributed by atoms with Crippen LogP contribution >= 0.6 is 0 Å². The number of hydrogen-bond donors (Lipinski definition) is 0. The number of benzene rings is 2. The first-order chi connectivity index (χ1) is 27.0. The van der Waals surface area contributed by atoms with Gasteiger partial charge >= 0.3 is 0 Å². The standard InChI is InChI=1S/C55H74O2/c1-13-41-20-22-49-46(27-41)29-45(44-21-19-43(28-44)25-36(5)23-35(3)4)30-53(49)57-48-31-50(38(7)33-55(40(9)56)34-47(55)14-2)51(32-48)39(8)52(54(10,11)12)26-37(6)24-42-17-15-16-18-42/h14,20-22,27-30,35,42,47-48,50-52H,2,5-8,13,15-19,23-26,31-34H2,1,3-4,9-12H3. The average molecular weight is 767 g/mol. The number of carbonyl (C=O) groups excluding carboxylic acids is 1. The lowest BCUT2D eigenvalue weighted by molar-refractivity contribution is -0.122. The molecule has 2 aromatic carbocycles. The first kappa shape index (κ1) is 42.9. The summed E-state index contributed by atoms with van der Waals surface area (Å²) in [6.45, 7) is 38.6. The second-order valence-electron chi connectivity index (χ2n) is 20.4. The topological polar surface area (TPSA) is 26.3 Å². The largest absolute Gasteiger partial charge is 0.490 e. The number of ether oxygens (including phenoxy) is 1. The van der Waals surface area contributed by atoms with Gasteiger partial charge in [-0.3, -0.25) is 4.79 Å². The third-order valence-electron chi connectivity index (χ3n) is 14.4. The number of aryl methyl sites for hydroxylation is 1. The van der Waals surface area contributed by atoms with Crippen LogP contribution in [-0.4, -0.2) is 11.9 Å². The van der Waals surface area contributed by atoms with Crippen LogP contribution in [0.5, 0.6) is 5.75 Å². The van der Waals surface area contributed by atoms with E-state index in [4.69, 9.17) is 17.9 Å². The number of fused-ring (bicyclic) bond motifs is 1. The fraction of sp³-hybridized carbons (Fsp3) is 0.545. The number of carbonyl (C=O) groups is 1. The van der Waals surface area contributed by atoms with Crippen LogP contribution in [0.1, 0.15) is 143 Å². The van der Waals surface area contributed by atoms with Crippen LogP contribution in [0.4, 0.5) is 0 Å². The Kier molecular flexibility index (Phi) is 13.3. The highest BCUT2D eigenvalue weighted by molar-refractivity contribution is 5.94. The number of allylic oxidation sites excluding steroid dienone is 9. The number of ketones is 1. The van der Waals surface area contributed by atoms with E-state index >= 15 is 0 Å². The summed E-state index contributed by atoms with van der Waals surface area (Å²) in [7, 11) is 0. The van der Waals surface area contributed by atoms with Gasteiger partial charge in [0.2, 0.25) is 0 Å². The zero-order valence-corrected chi connectivity index (χ0v) is 36.9. The Balaban J connectivity index is 1.31. The van der Waals surface area contributed by atoms with E-state index < -0.39 is 0 Å². The molecule has 0 radical (unpaired) electrons. The fourth-order valence-corrected chi connectivity index (χ4v) is 11.0. The average Bonchev–Trinajstić information content (AvgIpc) is 3.56. The quantitative estimate of drug-likeness (QED) is 0.133. The minimum atomic E-state index is -0.354. The van der Waals surface area contributed by atoms with Crippen molar-refractivity contribution in [3.63, 3.8) is 0 Å². The van der Waals surface area contributed by atoms with Gasteiger partial charge in [0, 0.05) is 10.8 Å². The summed E-state index contributed by atoms with van der Waals surface area (Å²) in [4.78, 5) is 13.1. The lowest BCUT2D eigenvalue weighted by Gasteiger charge is -2.38. The van der Waals surface area contributed by atoms with E-state index in [-0.39, 0.29) is 40.5 Å². The van der Waals surface area contributed by atoms with Crippen LogP contribution in [0.25, 0.3) is 16.3 Å². The molecule has 2 heteroatoms. The molecule has 0 saturated heterocycles. The Morgan fingerprint density at radius 3 is 2.33 bits per heavy atom. The molecule has 57 heavy (non-hydrogen) atoms. The highest BCUT2D eigenvalue weighted by atomic mass is 16.5. The van der Waals surface area contributed by atoms with E-state index in [1.165, 1.54) is 81.0 Å². The Hall–Kier alpha value is -3.65. The molecule has 0 aliphatic heterocycles. The van der Waals surface area contributed by atoms with Gasteiger partial charge in [-0.2, -0.15) is 0 Å². The summed E-state index contributed by atoms with van der Waals surface area (Å²) in [6, 6.07) is 11.5. The maximum atomic E-state index is 13.1. The van der Waals surface area contributed by atoms with Crippen molar-refractivity contribution < 1.29 is 9.53 Å². The molecular weight excluding hydrogens is 693 g/mol. The third-order valence-corrected chi connectivity index (χ3v) is 14.4. The molecule has 306 valence electrons. The summed E-state index contributed by atoms with van der Waals surface area (Å²) in [5.41, 5.74) is 10.2. The fourth-order valence-electron chi connectivity index (χ4n) is 11.0. The van der Waals surface area contributed by atoms with Crippen LogP contribution in [0.3, 0.4) is 0 Å². The summed E-state index contributed by atoms with van der Waals surface area (Å²) in [5, 5.41) is 2.40. The van der Waals surface area contributed by atoms with Crippen molar-refractivity contribution in [2.75, 3.05) is 0 Å². The van der Waals surface area contributed by atoms with E-state index in [1.54, 1.807) is 6.92 Å². The van der Waals surface area contributed by atoms with E-state index in [2.05, 4.69) is 104 Å². The molecule has 4 aliphatic rings. The molecule has 6 unspecified atom stereocenters. The molecule has 4 aliphatic carbocycles. The molecule has 0 heterocycles. The molecule has 0 N–H and O–H groups in total. The molecule has 2 nitrogen and oxygen atoms in total. The number of hydrogen-bond acceptors (Lipinski definition) is 2. The van der Waals surface area contributed by atoms with Crippen molar-refractivity contribution in [3.8, 4) is 5.75 Å². The zero-order valence-electron chi connectivity index (χ0n) is 36.9. The van der Waals surface area contributed by atoms with Crippen LogP contribution in [-0.2, 0) is 11.2 Å². The van der Waals surface area contributed by atoms with Gasteiger partial charge < -0.3 is 4.74 Å². The highest BCUT2D eigenvalue weighted by Gasteiger charge is 2.57. The van der Waals surface area contributed by atoms with Crippen molar-refractivity contribution >= 4 is 22.1 Å². The van der Waals surface area contributed by atoms with Gasteiger partial charge in [0.15, 0.2) is 0 Å². The van der Waals surface area contributed by atoms with Crippen molar-refractivity contribution in [1.82, 2.24) is 0 Å². The molecule has 0 spiro atoms. The van der Waals surface area contributed by atoms with Gasteiger partial charge in [0.05, 0.1) is 6.10 Å². The summed E-state index contributed by atoms with van der Waals surface area (Å²) in [6.07, 6.45) is 21.7. The molecule has 3 fully saturated rings. The molecular formula is C55H74O2. The van der Waals surface area contributed by atoms with Gasteiger partial charge in [-0.15, -0.1) is 6.58 Å². The Morgan fingerprint density at radius 2 is 1.70 bits per heavy atom. The van der Waals surface area contributed by atoms with Crippen LogP contribution in [0.15, 0.2) is 109 Å². The van der Waals surface area contributed by atoms with Gasteiger partial charge in [-0.1, -0.05) is 158 Å². The molecule has 6 atom stereocenters. The maximum absolute atomic E-state index is 13.1. The van der Waals surface area contributed by atoms with E-state index in [0.29, 0.717) is 11.8 Å². The first-order valence-corrected chi connectivity index (χ1v) is 22.5. The van der Waals surface area contributed by atoms with E-state index in [0.717, 1.165) is 75.9 Å². The lowest BCUT2D eigenvalue weighted by atomic mass is 9.67. The molecule has 0 bridgehead atoms. The van der Waals surface area contributed by atoms with E-state index in [9.17, 15) is 4.79 Å². The summed E-state index contributed by atoms with van der Waals surface area (Å²) < 4.78 is 7.28. The van der Waals surface area contributed by atoms with Crippen LogP contribution in [0, 0.1) is 46.3 Å². The third kappa shape index (κ3) is 9.97. The Morgan fingerprint density at radius 1 is 0.982 bits per heavy atom. The van der Waals surface area contributed by atoms with Crippen LogP contribution in [0.2, 0.25) is 0 Å². The van der Waals surface area contributed by atoms with E-state index in [1.807, 2.05) is 6.08 Å². The van der Waals surface area contributed by atoms with Crippen LogP contribution < -0.4 is 4.74 Å². The second-order valence-corrected chi connectivity index (χ2v) is 20.4. The predicted molar refractivity (Wildman–Crippen MR) is 245 cm³/mol. The number of rotatable bonds is 19. The second kappa shape index (κ2) is 17.7. The minimum Gasteiger partial charge on any atom is -0.490 e. The maximum Gasteiger partial charge on any atom is 0.136 e. The molecule has 3 saturated carbocycles. The molecule has 6 rings (SSSR count). The van der Waals surface area contributed by atoms with Crippen molar-refractivity contribution in [1.29, 1.82) is 0 Å². The smallest absolute Gasteiger partial charge is 0.136 e. The normalized spacial score (nSPS) is 25.3. The minimum absolute atomic E-state index is 0.00538. The zero-order chi connectivity index (χ0) is 41.2. The monoisotopic (exact) mass is 767 g/mol. The SMILES string of the molecule is C=CC1CC1(CC(=C)C1CC(Oc2cc(C3=CCC(CC(=C)CC(C)C)=C3)cc3cc(CC)ccc23)CC1C(=C)C(CC(=C)CC1CCCC1)C(C)(C)C)C(C)=O. The number of Topliss-reactive ketones (excluding diaryl/α,β-unsaturated/α-hetero) is 1. The predicted octanol–water partition coefficient (Wildman–Crippen LogP) is 15.4.